The summed E-state index contributed by atoms with van der Waals surface area (Å²) in [4.78, 5) is 14.0. The first-order valence-electron chi connectivity index (χ1n) is 6.59. The number of halogens is 1. The lowest BCUT2D eigenvalue weighted by atomic mass is 10.0. The quantitative estimate of drug-likeness (QED) is 0.889. The van der Waals surface area contributed by atoms with Gasteiger partial charge in [0.05, 0.1) is 13.2 Å². The van der Waals surface area contributed by atoms with E-state index in [0.717, 1.165) is 25.8 Å². The fraction of sp³-hybridized carbons (Fsp3) is 0.500. The third kappa shape index (κ3) is 4.20. The molecule has 0 aliphatic carbocycles. The molecule has 1 aromatic rings. The Kier molecular flexibility index (Phi) is 5.19. The van der Waals surface area contributed by atoms with Crippen LogP contribution in [-0.2, 0) is 4.79 Å². The van der Waals surface area contributed by atoms with Crippen molar-refractivity contribution in [1.82, 2.24) is 4.90 Å². The van der Waals surface area contributed by atoms with Crippen molar-refractivity contribution in [2.24, 2.45) is 0 Å². The molecule has 19 heavy (non-hydrogen) atoms. The van der Waals surface area contributed by atoms with E-state index in [4.69, 9.17) is 11.6 Å². The topological polar surface area (TPSA) is 52.6 Å². The Bertz CT molecular complexity index is 439. The molecule has 1 heterocycles. The molecule has 1 aliphatic heterocycles. The number of nitrogens with one attached hydrogen (secondary N) is 1. The number of rotatable bonds is 4. The van der Waals surface area contributed by atoms with E-state index in [0.29, 0.717) is 17.3 Å². The molecule has 2 N–H and O–H groups in total. The molecule has 0 spiro atoms. The van der Waals surface area contributed by atoms with Crippen LogP contribution in [0.4, 0.5) is 5.69 Å². The molecule has 1 unspecified atom stereocenters. The first-order valence-corrected chi connectivity index (χ1v) is 6.97. The van der Waals surface area contributed by atoms with E-state index in [9.17, 15) is 9.90 Å². The fourth-order valence-corrected chi connectivity index (χ4v) is 2.62. The molecule has 0 saturated carbocycles. The van der Waals surface area contributed by atoms with Gasteiger partial charge in [-0.3, -0.25) is 9.69 Å². The van der Waals surface area contributed by atoms with E-state index < -0.39 is 0 Å². The molecular weight excluding hydrogens is 264 g/mol. The highest BCUT2D eigenvalue weighted by Crippen LogP contribution is 2.17. The van der Waals surface area contributed by atoms with Crippen molar-refractivity contribution < 1.29 is 9.90 Å². The Morgan fingerprint density at radius 2 is 2.32 bits per heavy atom. The number of carbonyl (C=O) groups excluding carboxylic acids is 1. The molecule has 1 aliphatic rings. The molecule has 1 amide bonds. The molecule has 104 valence electrons. The maximum atomic E-state index is 12.0. The predicted octanol–water partition coefficient (Wildman–Crippen LogP) is 2.13. The van der Waals surface area contributed by atoms with Gasteiger partial charge in [-0.25, -0.2) is 0 Å². The SMILES string of the molecule is O=C(CN1CCCCC1CO)Nc1cccc(Cl)c1. The molecule has 0 radical (unpaired) electrons. The Morgan fingerprint density at radius 3 is 3.05 bits per heavy atom. The number of likely N-dealkylation sites (tertiary alicyclic amines) is 1. The second kappa shape index (κ2) is 6.89. The minimum Gasteiger partial charge on any atom is -0.395 e. The zero-order valence-electron chi connectivity index (χ0n) is 10.8. The first kappa shape index (κ1) is 14.3. The molecule has 1 aromatic carbocycles. The van der Waals surface area contributed by atoms with Crippen LogP contribution in [0, 0.1) is 0 Å². The van der Waals surface area contributed by atoms with E-state index in [1.54, 1.807) is 18.2 Å². The Labute approximate surface area is 118 Å². The Balaban J connectivity index is 1.90. The first-order chi connectivity index (χ1) is 9.19. The second-order valence-corrected chi connectivity index (χ2v) is 5.30. The minimum atomic E-state index is -0.0670. The third-order valence-electron chi connectivity index (χ3n) is 3.41. The average molecular weight is 283 g/mol. The lowest BCUT2D eigenvalue weighted by Crippen LogP contribution is -2.45. The zero-order chi connectivity index (χ0) is 13.7. The number of benzene rings is 1. The summed E-state index contributed by atoms with van der Waals surface area (Å²) in [6, 6.07) is 7.21. The molecule has 2 rings (SSSR count). The van der Waals surface area contributed by atoms with Gasteiger partial charge in [-0.05, 0) is 37.6 Å². The molecule has 1 fully saturated rings. The third-order valence-corrected chi connectivity index (χ3v) is 3.65. The van der Waals surface area contributed by atoms with Crippen molar-refractivity contribution in [3.63, 3.8) is 0 Å². The van der Waals surface area contributed by atoms with Crippen LogP contribution in [0.3, 0.4) is 0 Å². The van der Waals surface area contributed by atoms with Gasteiger partial charge in [0.15, 0.2) is 0 Å². The van der Waals surface area contributed by atoms with Crippen LogP contribution in [0.25, 0.3) is 0 Å². The Morgan fingerprint density at radius 1 is 1.47 bits per heavy atom. The monoisotopic (exact) mass is 282 g/mol. The lowest BCUT2D eigenvalue weighted by Gasteiger charge is -2.33. The Hall–Kier alpha value is -1.10. The van der Waals surface area contributed by atoms with Crippen molar-refractivity contribution in [2.45, 2.75) is 25.3 Å². The summed E-state index contributed by atoms with van der Waals surface area (Å²) in [5.74, 6) is -0.0670. The molecule has 0 aromatic heterocycles. The average Bonchev–Trinajstić information content (AvgIpc) is 2.39. The van der Waals surface area contributed by atoms with Gasteiger partial charge in [0.25, 0.3) is 0 Å². The van der Waals surface area contributed by atoms with Crippen LogP contribution in [0.2, 0.25) is 5.02 Å². The molecular formula is C14H19ClN2O2. The highest BCUT2D eigenvalue weighted by Gasteiger charge is 2.23. The summed E-state index contributed by atoms with van der Waals surface area (Å²) in [7, 11) is 0. The molecule has 1 atom stereocenters. The van der Waals surface area contributed by atoms with Crippen molar-refractivity contribution in [2.75, 3.05) is 25.0 Å². The van der Waals surface area contributed by atoms with E-state index in [1.807, 2.05) is 11.0 Å². The van der Waals surface area contributed by atoms with Crippen LogP contribution in [0.15, 0.2) is 24.3 Å². The second-order valence-electron chi connectivity index (χ2n) is 4.86. The number of carbonyl (C=O) groups is 1. The van der Waals surface area contributed by atoms with Gasteiger partial charge in [-0.1, -0.05) is 24.1 Å². The van der Waals surface area contributed by atoms with Gasteiger partial charge in [0, 0.05) is 16.8 Å². The lowest BCUT2D eigenvalue weighted by molar-refractivity contribution is -0.118. The largest absolute Gasteiger partial charge is 0.395 e. The van der Waals surface area contributed by atoms with Gasteiger partial charge >= 0.3 is 0 Å². The normalized spacial score (nSPS) is 20.2. The van der Waals surface area contributed by atoms with Crippen molar-refractivity contribution in [3.8, 4) is 0 Å². The number of aliphatic hydroxyl groups excluding tert-OH is 1. The smallest absolute Gasteiger partial charge is 0.238 e. The maximum absolute atomic E-state index is 12.0. The summed E-state index contributed by atoms with van der Waals surface area (Å²) < 4.78 is 0. The number of anilines is 1. The van der Waals surface area contributed by atoms with E-state index in [-0.39, 0.29) is 18.6 Å². The zero-order valence-corrected chi connectivity index (χ0v) is 11.6. The van der Waals surface area contributed by atoms with Crippen LogP contribution < -0.4 is 5.32 Å². The predicted molar refractivity (Wildman–Crippen MR) is 76.4 cm³/mol. The standard InChI is InChI=1S/C14H19ClN2O2/c15-11-4-3-5-12(8-11)16-14(19)9-17-7-2-1-6-13(17)10-18/h3-5,8,13,18H,1-2,6-7,9-10H2,(H,16,19). The van der Waals surface area contributed by atoms with Crippen LogP contribution >= 0.6 is 11.6 Å². The summed E-state index contributed by atoms with van der Waals surface area (Å²) in [5.41, 5.74) is 0.704. The highest BCUT2D eigenvalue weighted by atomic mass is 35.5. The number of aliphatic hydroxyl groups is 1. The summed E-state index contributed by atoms with van der Waals surface area (Å²) in [5, 5.41) is 12.7. The van der Waals surface area contributed by atoms with Crippen molar-refractivity contribution in [3.05, 3.63) is 29.3 Å². The molecule has 5 heteroatoms. The van der Waals surface area contributed by atoms with E-state index >= 15 is 0 Å². The van der Waals surface area contributed by atoms with Gasteiger partial charge in [0.2, 0.25) is 5.91 Å². The van der Waals surface area contributed by atoms with Gasteiger partial charge in [-0.2, -0.15) is 0 Å². The maximum Gasteiger partial charge on any atom is 0.238 e. The number of piperidine rings is 1. The number of hydrogen-bond donors (Lipinski definition) is 2. The fourth-order valence-electron chi connectivity index (χ4n) is 2.43. The van der Waals surface area contributed by atoms with E-state index in [1.165, 1.54) is 0 Å². The number of amides is 1. The molecule has 0 bridgehead atoms. The summed E-state index contributed by atoms with van der Waals surface area (Å²) in [6.45, 7) is 1.30. The number of hydrogen-bond acceptors (Lipinski definition) is 3. The van der Waals surface area contributed by atoms with Crippen molar-refractivity contribution in [1.29, 1.82) is 0 Å². The minimum absolute atomic E-state index is 0.0670. The summed E-state index contributed by atoms with van der Waals surface area (Å²) >= 11 is 5.87. The number of nitrogens with zero attached hydrogens (tertiary/aromatic N) is 1. The highest BCUT2D eigenvalue weighted by molar-refractivity contribution is 6.30. The van der Waals surface area contributed by atoms with Gasteiger partial charge < -0.3 is 10.4 Å². The van der Waals surface area contributed by atoms with Crippen LogP contribution in [0.5, 0.6) is 0 Å². The molecule has 4 nitrogen and oxygen atoms in total. The van der Waals surface area contributed by atoms with Gasteiger partial charge in [0.1, 0.15) is 0 Å². The van der Waals surface area contributed by atoms with Gasteiger partial charge in [-0.15, -0.1) is 0 Å². The molecule has 1 saturated heterocycles. The van der Waals surface area contributed by atoms with Crippen molar-refractivity contribution >= 4 is 23.2 Å². The van der Waals surface area contributed by atoms with Crippen LogP contribution in [-0.4, -0.2) is 41.7 Å². The summed E-state index contributed by atoms with van der Waals surface area (Å²) in [6.07, 6.45) is 3.17. The van der Waals surface area contributed by atoms with E-state index in [2.05, 4.69) is 5.32 Å². The van der Waals surface area contributed by atoms with Crippen LogP contribution in [0.1, 0.15) is 19.3 Å².